The fraction of sp³-hybridized carbons (Fsp3) is 0.214. The molecule has 110 valence electrons. The second kappa shape index (κ2) is 7.51. The lowest BCUT2D eigenvalue weighted by Gasteiger charge is -2.08. The Morgan fingerprint density at radius 1 is 1.24 bits per heavy atom. The van der Waals surface area contributed by atoms with Crippen molar-refractivity contribution in [2.75, 3.05) is 17.2 Å². The van der Waals surface area contributed by atoms with Crippen LogP contribution in [0.5, 0.6) is 0 Å². The zero-order valence-corrected chi connectivity index (χ0v) is 14.5. The van der Waals surface area contributed by atoms with E-state index < -0.39 is 0 Å². The van der Waals surface area contributed by atoms with Crippen LogP contribution < -0.4 is 10.6 Å². The Balaban J connectivity index is 2.07. The molecule has 0 unspecified atom stereocenters. The van der Waals surface area contributed by atoms with Gasteiger partial charge in [0.2, 0.25) is 0 Å². The van der Waals surface area contributed by atoms with E-state index in [1.807, 2.05) is 18.2 Å². The van der Waals surface area contributed by atoms with Gasteiger partial charge in [-0.15, -0.1) is 0 Å². The lowest BCUT2D eigenvalue weighted by molar-refractivity contribution is 0.102. The molecule has 0 fully saturated rings. The molecule has 0 bridgehead atoms. The average Bonchev–Trinajstić information content (AvgIpc) is 2.49. The fourth-order valence-electron chi connectivity index (χ4n) is 1.57. The number of hydrogen-bond donors (Lipinski definition) is 2. The summed E-state index contributed by atoms with van der Waals surface area (Å²) in [5, 5.41) is 5.90. The normalized spacial score (nSPS) is 10.2. The Bertz CT molecular complexity index is 631. The molecule has 21 heavy (non-hydrogen) atoms. The molecule has 0 aliphatic carbocycles. The van der Waals surface area contributed by atoms with E-state index in [0.29, 0.717) is 11.5 Å². The summed E-state index contributed by atoms with van der Waals surface area (Å²) < 4.78 is 1.68. The zero-order chi connectivity index (χ0) is 15.2. The molecule has 0 atom stereocenters. The average molecular weight is 414 g/mol. The summed E-state index contributed by atoms with van der Waals surface area (Å²) >= 11 is 6.76. The van der Waals surface area contributed by atoms with Gasteiger partial charge in [0, 0.05) is 15.5 Å². The van der Waals surface area contributed by atoms with Crippen LogP contribution in [0.2, 0.25) is 0 Å². The first-order chi connectivity index (χ1) is 10.1. The molecule has 2 aromatic rings. The number of carbonyl (C=O) groups is 1. The first-order valence-corrected chi connectivity index (χ1v) is 8.01. The third-order valence-electron chi connectivity index (χ3n) is 2.62. The molecule has 1 heterocycles. The van der Waals surface area contributed by atoms with Crippen molar-refractivity contribution in [1.29, 1.82) is 0 Å². The van der Waals surface area contributed by atoms with Crippen LogP contribution in [0.15, 0.2) is 39.5 Å². The quantitative estimate of drug-likeness (QED) is 0.774. The molecule has 2 rings (SSSR count). The highest BCUT2D eigenvalue weighted by Gasteiger charge is 2.10. The van der Waals surface area contributed by atoms with Crippen molar-refractivity contribution in [2.45, 2.75) is 13.3 Å². The minimum Gasteiger partial charge on any atom is -0.369 e. The van der Waals surface area contributed by atoms with Crippen LogP contribution >= 0.6 is 31.9 Å². The van der Waals surface area contributed by atoms with Gasteiger partial charge in [0.25, 0.3) is 5.91 Å². The highest BCUT2D eigenvalue weighted by molar-refractivity contribution is 9.11. The molecule has 0 aliphatic rings. The van der Waals surface area contributed by atoms with Gasteiger partial charge >= 0.3 is 0 Å². The zero-order valence-electron chi connectivity index (χ0n) is 11.4. The first-order valence-electron chi connectivity index (χ1n) is 6.42. The molecular formula is C14H14Br2N4O. The molecule has 2 N–H and O–H groups in total. The third kappa shape index (κ3) is 4.50. The largest absolute Gasteiger partial charge is 0.369 e. The third-order valence-corrected chi connectivity index (χ3v) is 3.80. The monoisotopic (exact) mass is 412 g/mol. The number of carbonyl (C=O) groups excluding carboxylic acids is 1. The Hall–Kier alpha value is -1.47. The Morgan fingerprint density at radius 2 is 2.05 bits per heavy atom. The molecule has 0 aliphatic heterocycles. The van der Waals surface area contributed by atoms with Crippen molar-refractivity contribution in [3.05, 3.63) is 45.2 Å². The van der Waals surface area contributed by atoms with Crippen molar-refractivity contribution in [2.24, 2.45) is 0 Å². The van der Waals surface area contributed by atoms with E-state index in [0.717, 1.165) is 21.9 Å². The van der Waals surface area contributed by atoms with Crippen LogP contribution in [0, 0.1) is 0 Å². The van der Waals surface area contributed by atoms with Crippen molar-refractivity contribution < 1.29 is 4.79 Å². The maximum Gasteiger partial charge on any atom is 0.275 e. The molecule has 1 aromatic carbocycles. The molecule has 1 amide bonds. The second-order valence-corrected chi connectivity index (χ2v) is 6.06. The van der Waals surface area contributed by atoms with Crippen LogP contribution in [0.3, 0.4) is 0 Å². The summed E-state index contributed by atoms with van der Waals surface area (Å²) in [6, 6.07) is 5.55. The summed E-state index contributed by atoms with van der Waals surface area (Å²) in [5.74, 6) is 0.361. The van der Waals surface area contributed by atoms with Gasteiger partial charge in [0.1, 0.15) is 11.5 Å². The SMILES string of the molecule is CCCNc1cnc(C(=O)Nc2cc(Br)ccc2Br)cn1. The van der Waals surface area contributed by atoms with Crippen molar-refractivity contribution >= 4 is 49.3 Å². The maximum absolute atomic E-state index is 12.1. The molecule has 1 aromatic heterocycles. The number of nitrogens with zero attached hydrogens (tertiary/aromatic N) is 2. The molecule has 0 saturated heterocycles. The molecule has 0 radical (unpaired) electrons. The van der Waals surface area contributed by atoms with Crippen molar-refractivity contribution in [3.63, 3.8) is 0 Å². The number of nitrogens with one attached hydrogen (secondary N) is 2. The predicted octanol–water partition coefficient (Wildman–Crippen LogP) is 4.08. The van der Waals surface area contributed by atoms with E-state index in [9.17, 15) is 4.79 Å². The Morgan fingerprint density at radius 3 is 2.71 bits per heavy atom. The lowest BCUT2D eigenvalue weighted by atomic mass is 10.3. The number of halogens is 2. The number of rotatable bonds is 5. The fourth-order valence-corrected chi connectivity index (χ4v) is 2.28. The van der Waals surface area contributed by atoms with E-state index in [4.69, 9.17) is 0 Å². The Labute approximate surface area is 139 Å². The standard InChI is InChI=1S/C14H14Br2N4O/c1-2-5-17-13-8-18-12(7-19-13)14(21)20-11-6-9(15)3-4-10(11)16/h3-4,6-8H,2,5H2,1H3,(H,17,19)(H,20,21). The van der Waals surface area contributed by atoms with E-state index >= 15 is 0 Å². The Kier molecular flexibility index (Phi) is 5.69. The molecule has 7 heteroatoms. The number of hydrogen-bond acceptors (Lipinski definition) is 4. The molecular weight excluding hydrogens is 400 g/mol. The van der Waals surface area contributed by atoms with Gasteiger partial charge in [-0.1, -0.05) is 22.9 Å². The van der Waals surface area contributed by atoms with Gasteiger partial charge in [-0.25, -0.2) is 9.97 Å². The first kappa shape index (κ1) is 15.9. The van der Waals surface area contributed by atoms with Crippen LogP contribution in [-0.2, 0) is 0 Å². The number of aromatic nitrogens is 2. The van der Waals surface area contributed by atoms with E-state index in [1.54, 1.807) is 6.20 Å². The van der Waals surface area contributed by atoms with Crippen LogP contribution in [0.4, 0.5) is 11.5 Å². The highest BCUT2D eigenvalue weighted by atomic mass is 79.9. The van der Waals surface area contributed by atoms with Crippen molar-refractivity contribution in [3.8, 4) is 0 Å². The van der Waals surface area contributed by atoms with Crippen LogP contribution in [0.25, 0.3) is 0 Å². The number of amides is 1. The van der Waals surface area contributed by atoms with Gasteiger partial charge in [0.05, 0.1) is 18.1 Å². The van der Waals surface area contributed by atoms with E-state index in [-0.39, 0.29) is 11.6 Å². The van der Waals surface area contributed by atoms with Gasteiger partial charge in [0.15, 0.2) is 0 Å². The molecule has 0 saturated carbocycles. The molecule has 0 spiro atoms. The van der Waals surface area contributed by atoms with Gasteiger partial charge in [-0.3, -0.25) is 4.79 Å². The maximum atomic E-state index is 12.1. The lowest BCUT2D eigenvalue weighted by Crippen LogP contribution is -2.15. The summed E-state index contributed by atoms with van der Waals surface area (Å²) in [6.07, 6.45) is 4.01. The summed E-state index contributed by atoms with van der Waals surface area (Å²) in [4.78, 5) is 20.4. The summed E-state index contributed by atoms with van der Waals surface area (Å²) in [6.45, 7) is 2.89. The molecule has 5 nitrogen and oxygen atoms in total. The van der Waals surface area contributed by atoms with Gasteiger partial charge in [-0.2, -0.15) is 0 Å². The van der Waals surface area contributed by atoms with Crippen molar-refractivity contribution in [1.82, 2.24) is 9.97 Å². The van der Waals surface area contributed by atoms with Gasteiger partial charge < -0.3 is 10.6 Å². The number of benzene rings is 1. The van der Waals surface area contributed by atoms with E-state index in [1.165, 1.54) is 6.20 Å². The number of anilines is 2. The topological polar surface area (TPSA) is 66.9 Å². The van der Waals surface area contributed by atoms with E-state index in [2.05, 4.69) is 59.4 Å². The highest BCUT2D eigenvalue weighted by Crippen LogP contribution is 2.26. The second-order valence-electron chi connectivity index (χ2n) is 4.29. The van der Waals surface area contributed by atoms with Crippen LogP contribution in [-0.4, -0.2) is 22.4 Å². The summed E-state index contributed by atoms with van der Waals surface area (Å²) in [5.41, 5.74) is 0.938. The minimum absolute atomic E-state index is 0.268. The minimum atomic E-state index is -0.302. The predicted molar refractivity (Wildman–Crippen MR) is 90.6 cm³/mol. The van der Waals surface area contributed by atoms with Crippen LogP contribution in [0.1, 0.15) is 23.8 Å². The smallest absolute Gasteiger partial charge is 0.275 e. The summed E-state index contributed by atoms with van der Waals surface area (Å²) in [7, 11) is 0. The van der Waals surface area contributed by atoms with Gasteiger partial charge in [-0.05, 0) is 40.5 Å².